The molecule has 1 aromatic carbocycles. The molecule has 2 heterocycles. The van der Waals surface area contributed by atoms with Gasteiger partial charge in [-0.1, -0.05) is 26.0 Å². The van der Waals surface area contributed by atoms with Crippen LogP contribution in [-0.2, 0) is 14.9 Å². The van der Waals surface area contributed by atoms with Crippen LogP contribution in [0.1, 0.15) is 25.6 Å². The SMILES string of the molecule is CCN(CC)S(=O)(=O)N1CCO[C@H](c2nc(N(C)C)ncc2-c2cccc(F)c2)C1. The molecule has 1 aliphatic heterocycles. The molecule has 0 spiro atoms. The molecule has 1 saturated heterocycles. The van der Waals surface area contributed by atoms with E-state index < -0.39 is 16.3 Å². The van der Waals surface area contributed by atoms with Crippen molar-refractivity contribution >= 4 is 16.2 Å². The molecular formula is C20H28FN5O3S. The third-order valence-electron chi connectivity index (χ3n) is 5.03. The molecule has 1 aliphatic rings. The first-order valence-corrected chi connectivity index (χ1v) is 11.3. The van der Waals surface area contributed by atoms with E-state index in [4.69, 9.17) is 4.74 Å². The van der Waals surface area contributed by atoms with Gasteiger partial charge in [0.15, 0.2) is 0 Å². The molecule has 0 radical (unpaired) electrons. The minimum atomic E-state index is -3.60. The van der Waals surface area contributed by atoms with Crippen LogP contribution in [0.25, 0.3) is 11.1 Å². The number of hydrogen-bond acceptors (Lipinski definition) is 6. The summed E-state index contributed by atoms with van der Waals surface area (Å²) in [6.45, 7) is 5.07. The molecule has 1 aromatic heterocycles. The van der Waals surface area contributed by atoms with E-state index in [9.17, 15) is 12.8 Å². The summed E-state index contributed by atoms with van der Waals surface area (Å²) < 4.78 is 48.6. The zero-order valence-corrected chi connectivity index (χ0v) is 18.6. The average molecular weight is 438 g/mol. The van der Waals surface area contributed by atoms with Gasteiger partial charge in [0.25, 0.3) is 10.2 Å². The Morgan fingerprint density at radius 2 is 2.00 bits per heavy atom. The summed E-state index contributed by atoms with van der Waals surface area (Å²) in [5.41, 5.74) is 1.77. The third kappa shape index (κ3) is 4.61. The Morgan fingerprint density at radius 3 is 2.63 bits per heavy atom. The fourth-order valence-electron chi connectivity index (χ4n) is 3.44. The highest BCUT2D eigenvalue weighted by atomic mass is 32.2. The number of rotatable bonds is 7. The predicted octanol–water partition coefficient (Wildman–Crippen LogP) is 2.31. The first-order chi connectivity index (χ1) is 14.3. The fraction of sp³-hybridized carbons (Fsp3) is 0.500. The summed E-state index contributed by atoms with van der Waals surface area (Å²) in [5.74, 6) is 0.0999. The molecule has 0 unspecified atom stereocenters. The van der Waals surface area contributed by atoms with E-state index in [1.807, 2.05) is 27.9 Å². The number of aromatic nitrogens is 2. The van der Waals surface area contributed by atoms with Crippen molar-refractivity contribution in [1.29, 1.82) is 0 Å². The van der Waals surface area contributed by atoms with Gasteiger partial charge in [-0.25, -0.2) is 14.4 Å². The lowest BCUT2D eigenvalue weighted by Crippen LogP contribution is -2.49. The van der Waals surface area contributed by atoms with Gasteiger partial charge in [0, 0.05) is 52.0 Å². The van der Waals surface area contributed by atoms with Crippen LogP contribution < -0.4 is 4.90 Å². The summed E-state index contributed by atoms with van der Waals surface area (Å²) >= 11 is 0. The standard InChI is InChI=1S/C20H28FN5O3S/c1-5-25(6-2)30(27,28)26-10-11-29-18(14-26)19-17(13-22-20(23-19)24(3)4)15-8-7-9-16(21)12-15/h7-9,12-13,18H,5-6,10-11,14H2,1-4H3/t18-/m0/s1. The summed E-state index contributed by atoms with van der Waals surface area (Å²) in [6.07, 6.45) is 1.04. The van der Waals surface area contributed by atoms with E-state index in [1.165, 1.54) is 20.7 Å². The number of halogens is 1. The number of ether oxygens (including phenoxy) is 1. The van der Waals surface area contributed by atoms with Crippen LogP contribution in [0.3, 0.4) is 0 Å². The van der Waals surface area contributed by atoms with Gasteiger partial charge in [-0.15, -0.1) is 0 Å². The Morgan fingerprint density at radius 1 is 1.27 bits per heavy atom. The van der Waals surface area contributed by atoms with Crippen molar-refractivity contribution in [3.05, 3.63) is 42.0 Å². The van der Waals surface area contributed by atoms with E-state index >= 15 is 0 Å². The van der Waals surface area contributed by atoms with Crippen molar-refractivity contribution in [2.75, 3.05) is 51.8 Å². The molecule has 1 atom stereocenters. The van der Waals surface area contributed by atoms with Crippen molar-refractivity contribution in [3.8, 4) is 11.1 Å². The topological polar surface area (TPSA) is 78.9 Å². The van der Waals surface area contributed by atoms with E-state index in [0.717, 1.165) is 0 Å². The van der Waals surface area contributed by atoms with E-state index in [2.05, 4.69) is 9.97 Å². The normalized spacial score (nSPS) is 18.0. The van der Waals surface area contributed by atoms with Crippen LogP contribution in [0.15, 0.2) is 30.5 Å². The Kier molecular flexibility index (Phi) is 7.02. The molecule has 3 rings (SSSR count). The largest absolute Gasteiger partial charge is 0.369 e. The lowest BCUT2D eigenvalue weighted by atomic mass is 10.0. The van der Waals surface area contributed by atoms with Crippen LogP contribution >= 0.6 is 0 Å². The van der Waals surface area contributed by atoms with Crippen molar-refractivity contribution in [2.24, 2.45) is 0 Å². The van der Waals surface area contributed by atoms with Gasteiger partial charge in [0.2, 0.25) is 5.95 Å². The average Bonchev–Trinajstić information content (AvgIpc) is 2.74. The molecule has 10 heteroatoms. The second kappa shape index (κ2) is 9.34. The van der Waals surface area contributed by atoms with Gasteiger partial charge in [0.1, 0.15) is 11.9 Å². The number of hydrogen-bond donors (Lipinski definition) is 0. The van der Waals surface area contributed by atoms with Crippen molar-refractivity contribution in [3.63, 3.8) is 0 Å². The minimum absolute atomic E-state index is 0.130. The van der Waals surface area contributed by atoms with Crippen molar-refractivity contribution in [1.82, 2.24) is 18.6 Å². The Bertz CT molecular complexity index is 982. The van der Waals surface area contributed by atoms with E-state index in [0.29, 0.717) is 35.9 Å². The maximum atomic E-state index is 13.8. The highest BCUT2D eigenvalue weighted by Crippen LogP contribution is 2.32. The molecule has 0 amide bonds. The van der Waals surface area contributed by atoms with Crippen LogP contribution in [0.4, 0.5) is 10.3 Å². The number of anilines is 1. The monoisotopic (exact) mass is 437 g/mol. The summed E-state index contributed by atoms with van der Waals surface area (Å²) in [7, 11) is 0.0356. The molecule has 0 saturated carbocycles. The first-order valence-electron chi connectivity index (χ1n) is 9.94. The highest BCUT2D eigenvalue weighted by molar-refractivity contribution is 7.86. The third-order valence-corrected chi connectivity index (χ3v) is 7.19. The number of nitrogens with zero attached hydrogens (tertiary/aromatic N) is 5. The zero-order chi connectivity index (χ0) is 21.9. The molecule has 164 valence electrons. The van der Waals surface area contributed by atoms with Crippen LogP contribution in [0, 0.1) is 5.82 Å². The minimum Gasteiger partial charge on any atom is -0.369 e. The van der Waals surface area contributed by atoms with Crippen LogP contribution in [0.2, 0.25) is 0 Å². The van der Waals surface area contributed by atoms with E-state index in [1.54, 1.807) is 23.2 Å². The van der Waals surface area contributed by atoms with Gasteiger partial charge >= 0.3 is 0 Å². The van der Waals surface area contributed by atoms with Crippen molar-refractivity contribution < 1.29 is 17.5 Å². The van der Waals surface area contributed by atoms with Crippen molar-refractivity contribution in [2.45, 2.75) is 20.0 Å². The van der Waals surface area contributed by atoms with Crippen LogP contribution in [-0.4, -0.2) is 73.9 Å². The molecule has 1 fully saturated rings. The lowest BCUT2D eigenvalue weighted by molar-refractivity contribution is -0.00626. The molecule has 8 nitrogen and oxygen atoms in total. The number of benzene rings is 1. The molecule has 0 aliphatic carbocycles. The smallest absolute Gasteiger partial charge is 0.282 e. The Balaban J connectivity index is 2.02. The van der Waals surface area contributed by atoms with Gasteiger partial charge in [0.05, 0.1) is 12.3 Å². The quantitative estimate of drug-likeness (QED) is 0.662. The second-order valence-corrected chi connectivity index (χ2v) is 9.11. The summed E-state index contributed by atoms with van der Waals surface area (Å²) in [4.78, 5) is 10.8. The molecule has 0 bridgehead atoms. The fourth-order valence-corrected chi connectivity index (χ4v) is 5.05. The zero-order valence-electron chi connectivity index (χ0n) is 17.7. The second-order valence-electron chi connectivity index (χ2n) is 7.18. The van der Waals surface area contributed by atoms with Gasteiger partial charge in [-0.2, -0.15) is 17.0 Å². The van der Waals surface area contributed by atoms with Gasteiger partial charge in [-0.05, 0) is 17.7 Å². The molecule has 30 heavy (non-hydrogen) atoms. The lowest BCUT2D eigenvalue weighted by Gasteiger charge is -2.35. The summed E-state index contributed by atoms with van der Waals surface area (Å²) in [5, 5.41) is 0. The maximum Gasteiger partial charge on any atom is 0.282 e. The maximum absolute atomic E-state index is 13.8. The summed E-state index contributed by atoms with van der Waals surface area (Å²) in [6, 6.07) is 6.17. The predicted molar refractivity (Wildman–Crippen MR) is 114 cm³/mol. The van der Waals surface area contributed by atoms with Gasteiger partial charge in [-0.3, -0.25) is 0 Å². The van der Waals surface area contributed by atoms with Gasteiger partial charge < -0.3 is 9.64 Å². The molecule has 2 aromatic rings. The Labute approximate surface area is 177 Å². The number of morpholine rings is 1. The van der Waals surface area contributed by atoms with Crippen LogP contribution in [0.5, 0.6) is 0 Å². The molecule has 0 N–H and O–H groups in total. The molecular weight excluding hydrogens is 409 g/mol. The highest BCUT2D eigenvalue weighted by Gasteiger charge is 2.35. The Hall–Kier alpha value is -2.14. The first kappa shape index (κ1) is 22.5. The van der Waals surface area contributed by atoms with E-state index in [-0.39, 0.29) is 25.5 Å².